The van der Waals surface area contributed by atoms with E-state index in [2.05, 4.69) is 114 Å². The third kappa shape index (κ3) is 4.93. The van der Waals surface area contributed by atoms with Crippen molar-refractivity contribution in [1.29, 1.82) is 0 Å². The molecule has 220 valence electrons. The fourth-order valence-electron chi connectivity index (χ4n) is 6.43. The van der Waals surface area contributed by atoms with Crippen molar-refractivity contribution in [3.05, 3.63) is 164 Å². The third-order valence-electron chi connectivity index (χ3n) is 8.74. The molecule has 0 bridgehead atoms. The number of hydrogen-bond acceptors (Lipinski definition) is 4. The molecule has 0 aliphatic rings. The van der Waals surface area contributed by atoms with Gasteiger partial charge in [-0.3, -0.25) is 0 Å². The summed E-state index contributed by atoms with van der Waals surface area (Å²) in [5.41, 5.74) is 10.7. The van der Waals surface area contributed by atoms with Crippen LogP contribution in [-0.4, -0.2) is 15.0 Å². The molecule has 0 spiro atoms. The van der Waals surface area contributed by atoms with E-state index in [4.69, 9.17) is 14.4 Å². The van der Waals surface area contributed by atoms with E-state index in [1.807, 2.05) is 48.5 Å². The molecule has 0 fully saturated rings. The first kappa shape index (κ1) is 27.0. The fraction of sp³-hybridized carbons (Fsp3) is 0. The minimum Gasteiger partial charge on any atom is -0.438 e. The maximum absolute atomic E-state index is 6.06. The minimum absolute atomic E-state index is 0.646. The summed E-state index contributed by atoms with van der Waals surface area (Å²) in [4.78, 5) is 14.7. The highest BCUT2D eigenvalue weighted by Crippen LogP contribution is 2.38. The number of nitrogens with zero attached hydrogens (tertiary/aromatic N) is 3. The highest BCUT2D eigenvalue weighted by atomic mass is 16.3. The number of fused-ring (bicyclic) bond motifs is 4. The van der Waals surface area contributed by atoms with Crippen LogP contribution >= 0.6 is 0 Å². The normalized spacial score (nSPS) is 11.4. The van der Waals surface area contributed by atoms with Gasteiger partial charge in [-0.2, -0.15) is 0 Å². The van der Waals surface area contributed by atoms with Gasteiger partial charge in [0.2, 0.25) is 5.71 Å². The summed E-state index contributed by atoms with van der Waals surface area (Å²) in [6, 6.07) is 54.8. The molecule has 0 saturated heterocycles. The summed E-state index contributed by atoms with van der Waals surface area (Å²) in [6.45, 7) is 0. The molecular formula is C43H27N3O. The summed E-state index contributed by atoms with van der Waals surface area (Å²) in [5, 5.41) is 4.46. The van der Waals surface area contributed by atoms with Gasteiger partial charge in [0.05, 0.1) is 11.4 Å². The molecule has 9 aromatic rings. The van der Waals surface area contributed by atoms with E-state index in [0.717, 1.165) is 61.1 Å². The van der Waals surface area contributed by atoms with E-state index in [0.29, 0.717) is 11.5 Å². The zero-order valence-corrected chi connectivity index (χ0v) is 25.3. The number of furan rings is 1. The molecule has 0 N–H and O–H groups in total. The monoisotopic (exact) mass is 601 g/mol. The predicted molar refractivity (Wildman–Crippen MR) is 192 cm³/mol. The molecule has 0 amide bonds. The van der Waals surface area contributed by atoms with Gasteiger partial charge in [0.15, 0.2) is 5.82 Å². The number of benzene rings is 6. The van der Waals surface area contributed by atoms with E-state index in [9.17, 15) is 0 Å². The number of aromatic nitrogens is 3. The lowest BCUT2D eigenvalue weighted by molar-refractivity contribution is 0.654. The molecule has 3 heterocycles. The first-order chi connectivity index (χ1) is 23.3. The van der Waals surface area contributed by atoms with Crippen LogP contribution in [-0.2, 0) is 0 Å². The first-order valence-electron chi connectivity index (χ1n) is 15.7. The van der Waals surface area contributed by atoms with E-state index in [1.54, 1.807) is 6.20 Å². The predicted octanol–water partition coefficient (Wildman–Crippen LogP) is 11.3. The Balaban J connectivity index is 1.30. The molecule has 47 heavy (non-hydrogen) atoms. The van der Waals surface area contributed by atoms with Crippen LogP contribution in [0.1, 0.15) is 0 Å². The van der Waals surface area contributed by atoms with Gasteiger partial charge in [0.25, 0.3) is 0 Å². The molecule has 0 aliphatic heterocycles. The second kappa shape index (κ2) is 11.2. The molecule has 0 radical (unpaired) electrons. The van der Waals surface area contributed by atoms with Crippen LogP contribution in [0, 0.1) is 0 Å². The van der Waals surface area contributed by atoms with E-state index in [-0.39, 0.29) is 0 Å². The number of rotatable bonds is 5. The van der Waals surface area contributed by atoms with Crippen LogP contribution in [0.2, 0.25) is 0 Å². The Morgan fingerprint density at radius 1 is 0.404 bits per heavy atom. The Morgan fingerprint density at radius 3 is 1.94 bits per heavy atom. The summed E-state index contributed by atoms with van der Waals surface area (Å²) in [7, 11) is 0. The molecule has 9 rings (SSSR count). The largest absolute Gasteiger partial charge is 0.438 e. The van der Waals surface area contributed by atoms with Crippen molar-refractivity contribution in [3.8, 4) is 56.2 Å². The molecule has 6 aromatic carbocycles. The molecule has 0 saturated carbocycles. The van der Waals surface area contributed by atoms with Gasteiger partial charge in [-0.1, -0.05) is 109 Å². The second-order valence-corrected chi connectivity index (χ2v) is 11.7. The lowest BCUT2D eigenvalue weighted by Crippen LogP contribution is -1.96. The molecule has 4 heteroatoms. The van der Waals surface area contributed by atoms with Gasteiger partial charge in [-0.25, -0.2) is 15.0 Å². The van der Waals surface area contributed by atoms with Crippen molar-refractivity contribution in [2.75, 3.05) is 0 Å². The average Bonchev–Trinajstić information content (AvgIpc) is 3.53. The number of hydrogen-bond donors (Lipinski definition) is 0. The van der Waals surface area contributed by atoms with Crippen molar-refractivity contribution in [2.24, 2.45) is 0 Å². The summed E-state index contributed by atoms with van der Waals surface area (Å²) < 4.78 is 6.06. The summed E-state index contributed by atoms with van der Waals surface area (Å²) in [5.74, 6) is 0.692. The van der Waals surface area contributed by atoms with E-state index >= 15 is 0 Å². The topological polar surface area (TPSA) is 51.8 Å². The van der Waals surface area contributed by atoms with Crippen molar-refractivity contribution in [2.45, 2.75) is 0 Å². The van der Waals surface area contributed by atoms with Crippen LogP contribution in [0.5, 0.6) is 0 Å². The highest BCUT2D eigenvalue weighted by molar-refractivity contribution is 6.05. The van der Waals surface area contributed by atoms with Crippen LogP contribution in [0.15, 0.2) is 168 Å². The Kier molecular flexibility index (Phi) is 6.43. The Morgan fingerprint density at radius 2 is 1.09 bits per heavy atom. The second-order valence-electron chi connectivity index (χ2n) is 11.7. The maximum atomic E-state index is 6.06. The summed E-state index contributed by atoms with van der Waals surface area (Å²) in [6.07, 6.45) is 1.76. The van der Waals surface area contributed by atoms with E-state index < -0.39 is 0 Å². The molecule has 0 aliphatic carbocycles. The van der Waals surface area contributed by atoms with Crippen molar-refractivity contribution in [3.63, 3.8) is 0 Å². The van der Waals surface area contributed by atoms with Gasteiger partial charge in [0, 0.05) is 33.7 Å². The van der Waals surface area contributed by atoms with Crippen molar-refractivity contribution >= 4 is 32.8 Å². The lowest BCUT2D eigenvalue weighted by atomic mass is 9.92. The SMILES string of the molecule is c1ccc(-c2cc(-c3cc(-c4ccc5oc6ncccc6c5c4)cc(-c4cccc5ccccc45)c3)nc(-c3ccccc3)n2)cc1. The van der Waals surface area contributed by atoms with Crippen molar-refractivity contribution < 1.29 is 4.42 Å². The molecule has 4 nitrogen and oxygen atoms in total. The van der Waals surface area contributed by atoms with Gasteiger partial charge in [-0.05, 0) is 81.6 Å². The van der Waals surface area contributed by atoms with Crippen LogP contribution in [0.25, 0.3) is 89.0 Å². The Labute approximate surface area is 271 Å². The van der Waals surface area contributed by atoms with Gasteiger partial charge >= 0.3 is 0 Å². The zero-order chi connectivity index (χ0) is 31.2. The van der Waals surface area contributed by atoms with Crippen LogP contribution in [0.3, 0.4) is 0 Å². The lowest BCUT2D eigenvalue weighted by Gasteiger charge is -2.14. The van der Waals surface area contributed by atoms with Crippen molar-refractivity contribution in [1.82, 2.24) is 15.0 Å². The molecular weight excluding hydrogens is 574 g/mol. The average molecular weight is 602 g/mol. The minimum atomic E-state index is 0.646. The Bertz CT molecular complexity index is 2510. The molecule has 3 aromatic heterocycles. The Hall–Kier alpha value is -6.39. The highest BCUT2D eigenvalue weighted by Gasteiger charge is 2.16. The maximum Gasteiger partial charge on any atom is 0.227 e. The number of pyridine rings is 1. The van der Waals surface area contributed by atoms with E-state index in [1.165, 1.54) is 16.3 Å². The molecule has 0 unspecified atom stereocenters. The third-order valence-corrected chi connectivity index (χ3v) is 8.74. The molecule has 0 atom stereocenters. The fourth-order valence-corrected chi connectivity index (χ4v) is 6.43. The van der Waals surface area contributed by atoms with Gasteiger partial charge in [0.1, 0.15) is 5.58 Å². The van der Waals surface area contributed by atoms with Gasteiger partial charge in [-0.15, -0.1) is 0 Å². The van der Waals surface area contributed by atoms with Gasteiger partial charge < -0.3 is 4.42 Å². The van der Waals surface area contributed by atoms with Crippen LogP contribution < -0.4 is 0 Å². The summed E-state index contributed by atoms with van der Waals surface area (Å²) >= 11 is 0. The van der Waals surface area contributed by atoms with Crippen LogP contribution in [0.4, 0.5) is 0 Å². The standard InChI is InChI=1S/C43H27N3O/c1-3-12-29(13-4-1)39-27-40(46-42(45-39)30-14-5-2-6-15-30)34-24-32(23-33(25-34)36-18-9-16-28-11-7-8-17-35(28)36)31-20-21-41-38(26-31)37-19-10-22-44-43(37)47-41/h1-27H. The smallest absolute Gasteiger partial charge is 0.227 e. The quantitative estimate of drug-likeness (QED) is 0.197. The first-order valence-corrected chi connectivity index (χ1v) is 15.7. The zero-order valence-electron chi connectivity index (χ0n) is 25.3.